The van der Waals surface area contributed by atoms with E-state index in [4.69, 9.17) is 9.40 Å². The van der Waals surface area contributed by atoms with Crippen LogP contribution < -0.4 is 0 Å². The first-order valence-electron chi connectivity index (χ1n) is 19.4. The van der Waals surface area contributed by atoms with E-state index < -0.39 is 0 Å². The van der Waals surface area contributed by atoms with Crippen LogP contribution in [0.4, 0.5) is 0 Å². The number of nitrogens with zero attached hydrogens (tertiary/aromatic N) is 3. The summed E-state index contributed by atoms with van der Waals surface area (Å²) < 4.78 is 11.8. The summed E-state index contributed by atoms with van der Waals surface area (Å²) in [6.45, 7) is 0. The molecule has 0 N–H and O–H groups in total. The van der Waals surface area contributed by atoms with Crippen molar-refractivity contribution in [1.82, 2.24) is 14.1 Å². The minimum Gasteiger partial charge on any atom is -0.455 e. The van der Waals surface area contributed by atoms with Gasteiger partial charge >= 0.3 is 0 Å². The first kappa shape index (κ1) is 31.6. The van der Waals surface area contributed by atoms with Gasteiger partial charge in [0, 0.05) is 44.0 Å². The summed E-state index contributed by atoms with van der Waals surface area (Å²) in [5.74, 6) is 0. The Hall–Kier alpha value is -7.69. The number of furan rings is 1. The lowest BCUT2D eigenvalue weighted by Crippen LogP contribution is -1.96. The molecule has 0 amide bonds. The Balaban J connectivity index is 1.16. The third-order valence-corrected chi connectivity index (χ3v) is 11.5. The number of aromatic nitrogens is 3. The van der Waals surface area contributed by atoms with E-state index in [2.05, 4.69) is 203 Å². The van der Waals surface area contributed by atoms with Crippen molar-refractivity contribution in [1.29, 1.82) is 0 Å². The van der Waals surface area contributed by atoms with E-state index in [0.29, 0.717) is 0 Å². The second-order valence-electron chi connectivity index (χ2n) is 14.7. The monoisotopic (exact) mass is 727 g/mol. The maximum atomic E-state index is 6.96. The molecule has 0 radical (unpaired) electrons. The SMILES string of the molecule is c1ccc(-c2cc(-c3ccccc3)nc(-c3ccc(-n4c5ccccc5c5c6c(c7ccccc7n6-c6ccccc6)c6oc7ccccc7c6c54)cc3)c2)cc1. The molecule has 8 aromatic carbocycles. The number of para-hydroxylation sites is 4. The molecule has 12 rings (SSSR count). The number of rotatable bonds is 5. The van der Waals surface area contributed by atoms with Crippen LogP contribution in [0.2, 0.25) is 0 Å². The summed E-state index contributed by atoms with van der Waals surface area (Å²) in [5, 5.41) is 6.92. The highest BCUT2D eigenvalue weighted by Gasteiger charge is 2.27. The van der Waals surface area contributed by atoms with E-state index in [1.54, 1.807) is 0 Å². The molecule has 4 heterocycles. The topological polar surface area (TPSA) is 35.9 Å². The van der Waals surface area contributed by atoms with Crippen molar-refractivity contribution in [2.45, 2.75) is 0 Å². The molecule has 4 heteroatoms. The predicted molar refractivity (Wildman–Crippen MR) is 237 cm³/mol. The Labute approximate surface area is 328 Å². The first-order chi connectivity index (χ1) is 28.3. The molecule has 12 aromatic rings. The van der Waals surface area contributed by atoms with Gasteiger partial charge in [-0.15, -0.1) is 0 Å². The third kappa shape index (κ3) is 4.77. The minimum absolute atomic E-state index is 0.878. The van der Waals surface area contributed by atoms with Crippen molar-refractivity contribution in [3.63, 3.8) is 0 Å². The van der Waals surface area contributed by atoms with Gasteiger partial charge in [-0.3, -0.25) is 0 Å². The van der Waals surface area contributed by atoms with Gasteiger partial charge in [0.05, 0.1) is 44.2 Å². The number of pyridine rings is 1. The smallest absolute Gasteiger partial charge is 0.147 e. The number of hydrogen-bond acceptors (Lipinski definition) is 2. The highest BCUT2D eigenvalue weighted by atomic mass is 16.3. The molecule has 0 atom stereocenters. The molecule has 0 aliphatic carbocycles. The average molecular weight is 728 g/mol. The van der Waals surface area contributed by atoms with Crippen LogP contribution in [0.5, 0.6) is 0 Å². The van der Waals surface area contributed by atoms with Crippen molar-refractivity contribution < 1.29 is 4.42 Å². The van der Waals surface area contributed by atoms with E-state index in [1.807, 2.05) is 6.07 Å². The molecule has 0 aliphatic heterocycles. The maximum absolute atomic E-state index is 6.96. The molecule has 0 saturated heterocycles. The van der Waals surface area contributed by atoms with Gasteiger partial charge in [-0.2, -0.15) is 0 Å². The lowest BCUT2D eigenvalue weighted by molar-refractivity contribution is 0.673. The fourth-order valence-electron chi connectivity index (χ4n) is 9.01. The van der Waals surface area contributed by atoms with Gasteiger partial charge < -0.3 is 13.6 Å². The largest absolute Gasteiger partial charge is 0.455 e. The number of hydrogen-bond donors (Lipinski definition) is 0. The van der Waals surface area contributed by atoms with E-state index in [-0.39, 0.29) is 0 Å². The fraction of sp³-hybridized carbons (Fsp3) is 0. The normalized spacial score (nSPS) is 11.9. The summed E-state index contributed by atoms with van der Waals surface area (Å²) in [4.78, 5) is 5.23. The Bertz CT molecular complexity index is 3430. The third-order valence-electron chi connectivity index (χ3n) is 11.5. The van der Waals surface area contributed by atoms with Crippen molar-refractivity contribution in [2.75, 3.05) is 0 Å². The van der Waals surface area contributed by atoms with Gasteiger partial charge in [0.15, 0.2) is 0 Å². The molecule has 4 aromatic heterocycles. The van der Waals surface area contributed by atoms with Crippen LogP contribution in [0.3, 0.4) is 0 Å². The summed E-state index contributed by atoms with van der Waals surface area (Å²) >= 11 is 0. The predicted octanol–water partition coefficient (Wildman–Crippen LogP) is 14.2. The molecular formula is C53H33N3O. The Morgan fingerprint density at radius 2 is 0.807 bits per heavy atom. The van der Waals surface area contributed by atoms with Crippen molar-refractivity contribution in [3.05, 3.63) is 200 Å². The number of benzene rings is 8. The Morgan fingerprint density at radius 3 is 1.44 bits per heavy atom. The molecule has 4 nitrogen and oxygen atoms in total. The van der Waals surface area contributed by atoms with E-state index >= 15 is 0 Å². The quantitative estimate of drug-likeness (QED) is 0.177. The zero-order valence-corrected chi connectivity index (χ0v) is 30.8. The lowest BCUT2D eigenvalue weighted by atomic mass is 10.00. The van der Waals surface area contributed by atoms with Gasteiger partial charge in [0.25, 0.3) is 0 Å². The summed E-state index contributed by atoms with van der Waals surface area (Å²) in [6, 6.07) is 71.0. The summed E-state index contributed by atoms with van der Waals surface area (Å²) in [6.07, 6.45) is 0. The molecule has 0 saturated carbocycles. The van der Waals surface area contributed by atoms with E-state index in [9.17, 15) is 0 Å². The standard InChI is InChI=1S/C53H33N3O/c1-4-16-34(17-5-1)37-32-43(35-18-6-2-7-19-35)54-44(33-37)36-28-30-39(31-29-36)56-45-25-13-10-22-40(45)48-51-49(53-50(52(48)56)42-24-12-15-27-47(42)57-53)41-23-11-14-26-46(41)55(51)38-20-8-3-9-21-38/h1-33H. The van der Waals surface area contributed by atoms with E-state index in [0.717, 1.165) is 94.4 Å². The molecule has 57 heavy (non-hydrogen) atoms. The Kier molecular flexibility index (Phi) is 6.89. The van der Waals surface area contributed by atoms with Gasteiger partial charge in [0.2, 0.25) is 0 Å². The van der Waals surface area contributed by atoms with Crippen LogP contribution >= 0.6 is 0 Å². The molecule has 266 valence electrons. The van der Waals surface area contributed by atoms with Crippen LogP contribution in [-0.4, -0.2) is 14.1 Å². The Morgan fingerprint density at radius 1 is 0.351 bits per heavy atom. The van der Waals surface area contributed by atoms with Crippen LogP contribution in [-0.2, 0) is 0 Å². The second-order valence-corrected chi connectivity index (χ2v) is 14.7. The maximum Gasteiger partial charge on any atom is 0.147 e. The molecule has 0 spiro atoms. The van der Waals surface area contributed by atoms with Gasteiger partial charge in [-0.25, -0.2) is 4.98 Å². The second kappa shape index (κ2) is 12.4. The average Bonchev–Trinajstić information content (AvgIpc) is 3.95. The summed E-state index contributed by atoms with van der Waals surface area (Å²) in [5.41, 5.74) is 14.9. The molecular weight excluding hydrogens is 695 g/mol. The zero-order valence-electron chi connectivity index (χ0n) is 30.8. The van der Waals surface area contributed by atoms with Gasteiger partial charge in [0.1, 0.15) is 11.2 Å². The van der Waals surface area contributed by atoms with Gasteiger partial charge in [-0.1, -0.05) is 146 Å². The number of fused-ring (bicyclic) bond motifs is 12. The molecule has 0 aliphatic rings. The van der Waals surface area contributed by atoms with Crippen LogP contribution in [0.1, 0.15) is 0 Å². The first-order valence-corrected chi connectivity index (χ1v) is 19.4. The van der Waals surface area contributed by atoms with Gasteiger partial charge in [-0.05, 0) is 65.7 Å². The highest BCUT2D eigenvalue weighted by Crippen LogP contribution is 2.49. The van der Waals surface area contributed by atoms with Crippen LogP contribution in [0, 0.1) is 0 Å². The lowest BCUT2D eigenvalue weighted by Gasteiger charge is -2.13. The van der Waals surface area contributed by atoms with Crippen molar-refractivity contribution in [2.24, 2.45) is 0 Å². The fourth-order valence-corrected chi connectivity index (χ4v) is 9.01. The zero-order chi connectivity index (χ0) is 37.5. The van der Waals surface area contributed by atoms with E-state index in [1.165, 1.54) is 16.2 Å². The molecule has 0 unspecified atom stereocenters. The van der Waals surface area contributed by atoms with Crippen LogP contribution in [0.25, 0.3) is 111 Å². The summed E-state index contributed by atoms with van der Waals surface area (Å²) in [7, 11) is 0. The minimum atomic E-state index is 0.878. The molecule has 0 fully saturated rings. The molecule has 0 bridgehead atoms. The highest BCUT2D eigenvalue weighted by molar-refractivity contribution is 6.39. The van der Waals surface area contributed by atoms with Crippen LogP contribution in [0.15, 0.2) is 205 Å². The van der Waals surface area contributed by atoms with Crippen molar-refractivity contribution in [3.8, 4) is 45.0 Å². The van der Waals surface area contributed by atoms with Crippen molar-refractivity contribution >= 4 is 65.6 Å².